The molecule has 2 saturated heterocycles. The molecular formula is C19H27N3O2. The lowest BCUT2D eigenvalue weighted by Crippen LogP contribution is -2.38. The number of para-hydroxylation sites is 1. The summed E-state index contributed by atoms with van der Waals surface area (Å²) in [5.41, 5.74) is 1.25. The molecule has 0 atom stereocenters. The predicted octanol–water partition coefficient (Wildman–Crippen LogP) is 2.50. The second-order valence-corrected chi connectivity index (χ2v) is 7.03. The number of piperidine rings is 2. The lowest BCUT2D eigenvalue weighted by molar-refractivity contribution is -0.120. The van der Waals surface area contributed by atoms with Crippen molar-refractivity contribution in [3.05, 3.63) is 29.8 Å². The van der Waals surface area contributed by atoms with Gasteiger partial charge in [0.1, 0.15) is 0 Å². The van der Waals surface area contributed by atoms with E-state index in [1.807, 2.05) is 29.2 Å². The molecule has 130 valence electrons. The summed E-state index contributed by atoms with van der Waals surface area (Å²) in [5.74, 6) is 0.779. The number of hydrogen-bond acceptors (Lipinski definition) is 3. The van der Waals surface area contributed by atoms with Crippen LogP contribution in [-0.4, -0.2) is 42.9 Å². The van der Waals surface area contributed by atoms with Crippen LogP contribution in [0.3, 0.4) is 0 Å². The number of anilines is 1. The standard InChI is InChI=1S/C19H27N3O2/c1-14-8-12-22(13-9-14)19(24)16-4-2-3-5-17(16)21-18(23)15-6-10-20-11-7-15/h2-5,14-15,20H,6-13H2,1H3,(H,21,23). The van der Waals surface area contributed by atoms with Crippen molar-refractivity contribution in [1.29, 1.82) is 0 Å². The fourth-order valence-electron chi connectivity index (χ4n) is 3.48. The van der Waals surface area contributed by atoms with Crippen LogP contribution in [0.1, 0.15) is 43.0 Å². The number of nitrogens with one attached hydrogen (secondary N) is 2. The van der Waals surface area contributed by atoms with Gasteiger partial charge in [-0.25, -0.2) is 0 Å². The van der Waals surface area contributed by atoms with E-state index in [0.29, 0.717) is 17.2 Å². The first-order chi connectivity index (χ1) is 11.6. The largest absolute Gasteiger partial charge is 0.339 e. The van der Waals surface area contributed by atoms with Gasteiger partial charge in [0.25, 0.3) is 5.91 Å². The van der Waals surface area contributed by atoms with Gasteiger partial charge in [-0.2, -0.15) is 0 Å². The van der Waals surface area contributed by atoms with Crippen molar-refractivity contribution < 1.29 is 9.59 Å². The molecule has 3 rings (SSSR count). The minimum absolute atomic E-state index is 0.0307. The molecule has 2 aliphatic rings. The predicted molar refractivity (Wildman–Crippen MR) is 95.0 cm³/mol. The zero-order chi connectivity index (χ0) is 16.9. The summed E-state index contributed by atoms with van der Waals surface area (Å²) in [7, 11) is 0. The third-order valence-electron chi connectivity index (χ3n) is 5.20. The molecule has 1 aromatic carbocycles. The van der Waals surface area contributed by atoms with Crippen LogP contribution < -0.4 is 10.6 Å². The van der Waals surface area contributed by atoms with Crippen molar-refractivity contribution in [3.8, 4) is 0 Å². The third kappa shape index (κ3) is 3.96. The Bertz CT molecular complexity index is 588. The summed E-state index contributed by atoms with van der Waals surface area (Å²) < 4.78 is 0. The van der Waals surface area contributed by atoms with Gasteiger partial charge in [0.2, 0.25) is 5.91 Å². The maximum Gasteiger partial charge on any atom is 0.255 e. The minimum atomic E-state index is 0.0307. The highest BCUT2D eigenvalue weighted by molar-refractivity contribution is 6.04. The lowest BCUT2D eigenvalue weighted by Gasteiger charge is -2.31. The van der Waals surface area contributed by atoms with E-state index in [-0.39, 0.29) is 17.7 Å². The first-order valence-corrected chi connectivity index (χ1v) is 9.05. The zero-order valence-corrected chi connectivity index (χ0v) is 14.4. The van der Waals surface area contributed by atoms with Crippen molar-refractivity contribution in [2.24, 2.45) is 11.8 Å². The molecule has 1 aromatic rings. The van der Waals surface area contributed by atoms with Gasteiger partial charge in [0, 0.05) is 19.0 Å². The van der Waals surface area contributed by atoms with Crippen LogP contribution in [-0.2, 0) is 4.79 Å². The van der Waals surface area contributed by atoms with E-state index in [9.17, 15) is 9.59 Å². The quantitative estimate of drug-likeness (QED) is 0.896. The Hall–Kier alpha value is -1.88. The summed E-state index contributed by atoms with van der Waals surface area (Å²) in [6, 6.07) is 7.38. The Kier molecular flexibility index (Phi) is 5.51. The topological polar surface area (TPSA) is 61.4 Å². The van der Waals surface area contributed by atoms with Crippen LogP contribution >= 0.6 is 0 Å². The molecule has 0 saturated carbocycles. The molecule has 5 heteroatoms. The zero-order valence-electron chi connectivity index (χ0n) is 14.4. The van der Waals surface area contributed by atoms with Crippen molar-refractivity contribution in [3.63, 3.8) is 0 Å². The summed E-state index contributed by atoms with van der Waals surface area (Å²) in [6.45, 7) is 5.59. The Balaban J connectivity index is 1.70. The van der Waals surface area contributed by atoms with Crippen molar-refractivity contribution in [1.82, 2.24) is 10.2 Å². The average Bonchev–Trinajstić information content (AvgIpc) is 2.63. The maximum atomic E-state index is 12.8. The van der Waals surface area contributed by atoms with Crippen molar-refractivity contribution >= 4 is 17.5 Å². The van der Waals surface area contributed by atoms with Gasteiger partial charge in [-0.15, -0.1) is 0 Å². The summed E-state index contributed by atoms with van der Waals surface area (Å²) in [4.78, 5) is 27.3. The van der Waals surface area contributed by atoms with E-state index in [0.717, 1.165) is 51.9 Å². The second-order valence-electron chi connectivity index (χ2n) is 7.03. The first-order valence-electron chi connectivity index (χ1n) is 9.05. The van der Waals surface area contributed by atoms with Gasteiger partial charge in [-0.1, -0.05) is 19.1 Å². The molecule has 2 heterocycles. The van der Waals surface area contributed by atoms with Crippen LogP contribution in [0, 0.1) is 11.8 Å². The summed E-state index contributed by atoms with van der Waals surface area (Å²) in [6.07, 6.45) is 3.81. The number of nitrogens with zero attached hydrogens (tertiary/aromatic N) is 1. The SMILES string of the molecule is CC1CCN(C(=O)c2ccccc2NC(=O)C2CCNCC2)CC1. The smallest absolute Gasteiger partial charge is 0.255 e. The molecule has 24 heavy (non-hydrogen) atoms. The fourth-order valence-corrected chi connectivity index (χ4v) is 3.48. The van der Waals surface area contributed by atoms with E-state index in [4.69, 9.17) is 0 Å². The van der Waals surface area contributed by atoms with E-state index in [1.165, 1.54) is 0 Å². The second kappa shape index (κ2) is 7.79. The van der Waals surface area contributed by atoms with Crippen LogP contribution in [0.4, 0.5) is 5.69 Å². The fraction of sp³-hybridized carbons (Fsp3) is 0.579. The molecular weight excluding hydrogens is 302 g/mol. The number of hydrogen-bond donors (Lipinski definition) is 2. The highest BCUT2D eigenvalue weighted by atomic mass is 16.2. The molecule has 0 bridgehead atoms. The molecule has 0 unspecified atom stereocenters. The van der Waals surface area contributed by atoms with E-state index in [2.05, 4.69) is 17.6 Å². The van der Waals surface area contributed by atoms with Gasteiger partial charge in [-0.3, -0.25) is 9.59 Å². The number of carbonyl (C=O) groups excluding carboxylic acids is 2. The highest BCUT2D eigenvalue weighted by Gasteiger charge is 2.25. The monoisotopic (exact) mass is 329 g/mol. The average molecular weight is 329 g/mol. The Labute approximate surface area is 143 Å². The number of likely N-dealkylation sites (tertiary alicyclic amines) is 1. The van der Waals surface area contributed by atoms with Crippen molar-refractivity contribution in [2.75, 3.05) is 31.5 Å². The Morgan fingerprint density at radius 3 is 2.46 bits per heavy atom. The van der Waals surface area contributed by atoms with Crippen molar-refractivity contribution in [2.45, 2.75) is 32.6 Å². The lowest BCUT2D eigenvalue weighted by atomic mass is 9.96. The number of carbonyl (C=O) groups is 2. The highest BCUT2D eigenvalue weighted by Crippen LogP contribution is 2.23. The van der Waals surface area contributed by atoms with Gasteiger partial charge < -0.3 is 15.5 Å². The molecule has 0 aliphatic carbocycles. The van der Waals surface area contributed by atoms with Gasteiger partial charge >= 0.3 is 0 Å². The molecule has 2 fully saturated rings. The Morgan fingerprint density at radius 1 is 1.08 bits per heavy atom. The molecule has 5 nitrogen and oxygen atoms in total. The molecule has 0 spiro atoms. The normalized spacial score (nSPS) is 20.0. The van der Waals surface area contributed by atoms with Crippen LogP contribution in [0.25, 0.3) is 0 Å². The van der Waals surface area contributed by atoms with Gasteiger partial charge in [0.05, 0.1) is 11.3 Å². The van der Waals surface area contributed by atoms with Gasteiger partial charge in [-0.05, 0) is 56.8 Å². The minimum Gasteiger partial charge on any atom is -0.339 e. The maximum absolute atomic E-state index is 12.8. The third-order valence-corrected chi connectivity index (χ3v) is 5.20. The van der Waals surface area contributed by atoms with E-state index >= 15 is 0 Å². The van der Waals surface area contributed by atoms with E-state index in [1.54, 1.807) is 0 Å². The summed E-state index contributed by atoms with van der Waals surface area (Å²) >= 11 is 0. The van der Waals surface area contributed by atoms with Crippen LogP contribution in [0.2, 0.25) is 0 Å². The number of amides is 2. The molecule has 2 amide bonds. The number of rotatable bonds is 3. The van der Waals surface area contributed by atoms with Gasteiger partial charge in [0.15, 0.2) is 0 Å². The molecule has 2 N–H and O–H groups in total. The first kappa shape index (κ1) is 17.0. The number of benzene rings is 1. The molecule has 0 aromatic heterocycles. The molecule has 2 aliphatic heterocycles. The summed E-state index contributed by atoms with van der Waals surface area (Å²) in [5, 5.41) is 6.26. The van der Waals surface area contributed by atoms with Crippen LogP contribution in [0.15, 0.2) is 24.3 Å². The Morgan fingerprint density at radius 2 is 1.75 bits per heavy atom. The van der Waals surface area contributed by atoms with E-state index < -0.39 is 0 Å². The van der Waals surface area contributed by atoms with Crippen LogP contribution in [0.5, 0.6) is 0 Å². The molecule has 0 radical (unpaired) electrons.